The molecule has 6 nitrogen and oxygen atoms in total. The van der Waals surface area contributed by atoms with Crippen molar-refractivity contribution in [2.24, 2.45) is 0 Å². The number of amides is 2. The van der Waals surface area contributed by atoms with Gasteiger partial charge in [-0.1, -0.05) is 0 Å². The molecule has 0 spiro atoms. The summed E-state index contributed by atoms with van der Waals surface area (Å²) < 4.78 is 5.43. The van der Waals surface area contributed by atoms with Crippen LogP contribution < -0.4 is 5.32 Å². The first kappa shape index (κ1) is 14.6. The van der Waals surface area contributed by atoms with Gasteiger partial charge in [-0.25, -0.2) is 4.98 Å². The Hall–Kier alpha value is -2.02. The third-order valence-electron chi connectivity index (χ3n) is 4.51. The number of thioether (sulfide) groups is 1. The Bertz CT molecular complexity index is 818. The van der Waals surface area contributed by atoms with E-state index in [-0.39, 0.29) is 16.7 Å². The van der Waals surface area contributed by atoms with E-state index < -0.39 is 6.04 Å². The van der Waals surface area contributed by atoms with Gasteiger partial charge in [0.15, 0.2) is 11.5 Å². The minimum atomic E-state index is -0.408. The lowest BCUT2D eigenvalue weighted by atomic mass is 10.2. The molecule has 2 amide bonds. The maximum atomic E-state index is 12.6. The number of carbonyl (C=O) groups excluding carboxylic acids is 2. The summed E-state index contributed by atoms with van der Waals surface area (Å²) in [6, 6.07) is 4.96. The summed E-state index contributed by atoms with van der Waals surface area (Å²) in [6.45, 7) is 3.83. The van der Waals surface area contributed by atoms with Gasteiger partial charge in [-0.15, -0.1) is 11.8 Å². The van der Waals surface area contributed by atoms with Gasteiger partial charge in [0.1, 0.15) is 11.6 Å². The van der Waals surface area contributed by atoms with E-state index in [1.54, 1.807) is 41.8 Å². The monoisotopic (exact) mass is 331 g/mol. The molecule has 2 atom stereocenters. The van der Waals surface area contributed by atoms with Crippen molar-refractivity contribution in [1.82, 2.24) is 9.88 Å². The second-order valence-corrected chi connectivity index (χ2v) is 7.67. The number of aryl methyl sites for hydroxylation is 1. The van der Waals surface area contributed by atoms with Crippen molar-refractivity contribution in [2.75, 3.05) is 11.1 Å². The average Bonchev–Trinajstić information content (AvgIpc) is 3.12. The fourth-order valence-corrected chi connectivity index (χ4v) is 4.79. The van der Waals surface area contributed by atoms with Crippen LogP contribution in [0.2, 0.25) is 0 Å². The summed E-state index contributed by atoms with van der Waals surface area (Å²) in [5, 5.41) is 2.91. The zero-order valence-electron chi connectivity index (χ0n) is 13.0. The molecule has 2 saturated heterocycles. The van der Waals surface area contributed by atoms with E-state index in [1.807, 2.05) is 6.92 Å². The van der Waals surface area contributed by atoms with Crippen LogP contribution in [0.1, 0.15) is 25.7 Å². The highest BCUT2D eigenvalue weighted by molar-refractivity contribution is 8.01. The molecular formula is C16H17N3O3S. The molecule has 2 aliphatic heterocycles. The average molecular weight is 331 g/mol. The Morgan fingerprint density at radius 1 is 1.52 bits per heavy atom. The Labute approximate surface area is 137 Å². The Morgan fingerprint density at radius 3 is 3.17 bits per heavy atom. The standard InChI is InChI=1S/C16H17N3O3S/c1-9-17-11-7-10(3-4-13(11)22-9)18-15(21)12-8-23-16(2)6-5-14(20)19(12)16/h3-4,7,12H,5-6,8H2,1-2H3,(H,18,21)/t12-,16+/m1/s1. The number of hydrogen-bond acceptors (Lipinski definition) is 5. The van der Waals surface area contributed by atoms with Gasteiger partial charge in [-0.05, 0) is 31.5 Å². The van der Waals surface area contributed by atoms with E-state index in [2.05, 4.69) is 10.3 Å². The minimum absolute atomic E-state index is 0.0697. The molecule has 7 heteroatoms. The predicted molar refractivity (Wildman–Crippen MR) is 88.1 cm³/mol. The Morgan fingerprint density at radius 2 is 2.35 bits per heavy atom. The lowest BCUT2D eigenvalue weighted by Crippen LogP contribution is -2.48. The van der Waals surface area contributed by atoms with E-state index >= 15 is 0 Å². The van der Waals surface area contributed by atoms with Gasteiger partial charge in [0.05, 0.1) is 4.87 Å². The van der Waals surface area contributed by atoms with Crippen molar-refractivity contribution in [1.29, 1.82) is 0 Å². The fourth-order valence-electron chi connectivity index (χ4n) is 3.36. The van der Waals surface area contributed by atoms with Crippen LogP contribution in [-0.4, -0.2) is 38.4 Å². The largest absolute Gasteiger partial charge is 0.441 e. The van der Waals surface area contributed by atoms with Crippen molar-refractivity contribution in [3.63, 3.8) is 0 Å². The van der Waals surface area contributed by atoms with Crippen LogP contribution in [0.15, 0.2) is 22.6 Å². The summed E-state index contributed by atoms with van der Waals surface area (Å²) >= 11 is 1.69. The van der Waals surface area contributed by atoms with Crippen LogP contribution in [0.3, 0.4) is 0 Å². The zero-order valence-corrected chi connectivity index (χ0v) is 13.8. The third-order valence-corrected chi connectivity index (χ3v) is 6.01. The van der Waals surface area contributed by atoms with Gasteiger partial charge in [0.25, 0.3) is 0 Å². The quantitative estimate of drug-likeness (QED) is 0.915. The number of aromatic nitrogens is 1. The summed E-state index contributed by atoms with van der Waals surface area (Å²) in [7, 11) is 0. The van der Waals surface area contributed by atoms with Gasteiger partial charge >= 0.3 is 0 Å². The predicted octanol–water partition coefficient (Wildman–Crippen LogP) is 2.53. The van der Waals surface area contributed by atoms with E-state index in [0.717, 1.165) is 6.42 Å². The lowest BCUT2D eigenvalue weighted by Gasteiger charge is -2.29. The van der Waals surface area contributed by atoms with E-state index in [9.17, 15) is 9.59 Å². The van der Waals surface area contributed by atoms with Crippen molar-refractivity contribution < 1.29 is 14.0 Å². The number of nitrogens with zero attached hydrogens (tertiary/aromatic N) is 2. The number of rotatable bonds is 2. The second kappa shape index (κ2) is 4.99. The molecule has 4 rings (SSSR count). The number of anilines is 1. The molecule has 1 N–H and O–H groups in total. The maximum absolute atomic E-state index is 12.6. The molecule has 0 radical (unpaired) electrons. The van der Waals surface area contributed by atoms with Gasteiger partial charge in [0, 0.05) is 24.8 Å². The normalized spacial score (nSPS) is 26.8. The third kappa shape index (κ3) is 2.30. The fraction of sp³-hybridized carbons (Fsp3) is 0.438. The molecule has 1 aromatic carbocycles. The van der Waals surface area contributed by atoms with Crippen LogP contribution in [-0.2, 0) is 9.59 Å². The van der Waals surface area contributed by atoms with Crippen molar-refractivity contribution >= 4 is 40.4 Å². The van der Waals surface area contributed by atoms with Gasteiger partial charge in [-0.3, -0.25) is 9.59 Å². The molecule has 23 heavy (non-hydrogen) atoms. The molecule has 3 heterocycles. The number of carbonyl (C=O) groups is 2. The highest BCUT2D eigenvalue weighted by Crippen LogP contribution is 2.47. The van der Waals surface area contributed by atoms with Gasteiger partial charge in [-0.2, -0.15) is 0 Å². The molecule has 2 aliphatic rings. The molecule has 2 aromatic rings. The van der Waals surface area contributed by atoms with Crippen LogP contribution in [0, 0.1) is 6.92 Å². The SMILES string of the molecule is Cc1nc2cc(NC(=O)[C@H]3CS[C@@]4(C)CCC(=O)N34)ccc2o1. The number of hydrogen-bond donors (Lipinski definition) is 1. The molecule has 120 valence electrons. The molecule has 0 unspecified atom stereocenters. The molecule has 2 fully saturated rings. The number of oxazole rings is 1. The summed E-state index contributed by atoms with van der Waals surface area (Å²) in [4.78, 5) is 30.5. The van der Waals surface area contributed by atoms with Crippen molar-refractivity contribution in [3.05, 3.63) is 24.1 Å². The van der Waals surface area contributed by atoms with E-state index in [1.165, 1.54) is 0 Å². The zero-order chi connectivity index (χ0) is 16.2. The van der Waals surface area contributed by atoms with Crippen LogP contribution in [0.5, 0.6) is 0 Å². The maximum Gasteiger partial charge on any atom is 0.248 e. The molecule has 1 aromatic heterocycles. The first-order chi connectivity index (χ1) is 11.0. The highest BCUT2D eigenvalue weighted by Gasteiger charge is 2.52. The first-order valence-corrected chi connectivity index (χ1v) is 8.59. The Kier molecular flexibility index (Phi) is 3.16. The summed E-state index contributed by atoms with van der Waals surface area (Å²) in [6.07, 6.45) is 1.34. The van der Waals surface area contributed by atoms with Gasteiger partial charge < -0.3 is 14.6 Å². The second-order valence-electron chi connectivity index (χ2n) is 6.17. The topological polar surface area (TPSA) is 75.4 Å². The summed E-state index contributed by atoms with van der Waals surface area (Å²) in [5.41, 5.74) is 2.07. The van der Waals surface area contributed by atoms with Crippen LogP contribution in [0.25, 0.3) is 11.1 Å². The van der Waals surface area contributed by atoms with Crippen LogP contribution in [0.4, 0.5) is 5.69 Å². The lowest BCUT2D eigenvalue weighted by molar-refractivity contribution is -0.135. The van der Waals surface area contributed by atoms with E-state index in [4.69, 9.17) is 4.42 Å². The highest BCUT2D eigenvalue weighted by atomic mass is 32.2. The first-order valence-electron chi connectivity index (χ1n) is 7.60. The summed E-state index contributed by atoms with van der Waals surface area (Å²) in [5.74, 6) is 1.16. The minimum Gasteiger partial charge on any atom is -0.441 e. The number of benzene rings is 1. The molecule has 0 bridgehead atoms. The number of fused-ring (bicyclic) bond motifs is 2. The molecule has 0 saturated carbocycles. The molecule has 0 aliphatic carbocycles. The molecular weight excluding hydrogens is 314 g/mol. The van der Waals surface area contributed by atoms with Crippen molar-refractivity contribution in [3.8, 4) is 0 Å². The Balaban J connectivity index is 1.56. The smallest absolute Gasteiger partial charge is 0.248 e. The van der Waals surface area contributed by atoms with Gasteiger partial charge in [0.2, 0.25) is 11.8 Å². The van der Waals surface area contributed by atoms with Crippen LogP contribution >= 0.6 is 11.8 Å². The number of nitrogens with one attached hydrogen (secondary N) is 1. The van der Waals surface area contributed by atoms with E-state index in [0.29, 0.717) is 34.9 Å². The van der Waals surface area contributed by atoms with Crippen molar-refractivity contribution in [2.45, 2.75) is 37.6 Å².